The Morgan fingerprint density at radius 1 is 1.04 bits per heavy atom. The number of benzene rings is 2. The lowest BCUT2D eigenvalue weighted by atomic mass is 10.2. The van der Waals surface area contributed by atoms with E-state index < -0.39 is 10.0 Å². The molecule has 2 aromatic carbocycles. The van der Waals surface area contributed by atoms with E-state index in [1.165, 1.54) is 0 Å². The number of nitrogens with one attached hydrogen (secondary N) is 2. The van der Waals surface area contributed by atoms with Gasteiger partial charge in [-0.25, -0.2) is 13.4 Å². The highest BCUT2D eigenvalue weighted by Crippen LogP contribution is 2.27. The van der Waals surface area contributed by atoms with Gasteiger partial charge in [0.05, 0.1) is 4.90 Å². The monoisotopic (exact) mass is 382 g/mol. The van der Waals surface area contributed by atoms with Crippen LogP contribution in [0.1, 0.15) is 5.56 Å². The molecule has 1 aromatic heterocycles. The summed E-state index contributed by atoms with van der Waals surface area (Å²) in [6.45, 7) is 2.96. The molecule has 3 aromatic rings. The minimum absolute atomic E-state index is 0.340. The van der Waals surface area contributed by atoms with Crippen LogP contribution < -0.4 is 10.6 Å². The largest absolute Gasteiger partial charge is 0.366 e. The molecule has 2 N–H and O–H groups in total. The molecule has 0 amide bonds. The van der Waals surface area contributed by atoms with Gasteiger partial charge < -0.3 is 10.6 Å². The van der Waals surface area contributed by atoms with E-state index in [0.29, 0.717) is 48.8 Å². The van der Waals surface area contributed by atoms with Crippen molar-refractivity contribution in [1.82, 2.24) is 14.6 Å². The number of pyridine rings is 1. The second-order valence-corrected chi connectivity index (χ2v) is 8.45. The van der Waals surface area contributed by atoms with Gasteiger partial charge >= 0.3 is 0 Å². The molecule has 0 saturated carbocycles. The van der Waals surface area contributed by atoms with Crippen molar-refractivity contribution in [3.63, 3.8) is 0 Å². The smallest absolute Gasteiger partial charge is 0.243 e. The molecule has 27 heavy (non-hydrogen) atoms. The second-order valence-electron chi connectivity index (χ2n) is 6.54. The molecule has 0 unspecified atom stereocenters. The molecule has 1 aliphatic rings. The summed E-state index contributed by atoms with van der Waals surface area (Å²) in [7, 11) is -3.53. The normalized spacial score (nSPS) is 15.7. The lowest BCUT2D eigenvalue weighted by molar-refractivity contribution is 0.360. The van der Waals surface area contributed by atoms with E-state index in [-0.39, 0.29) is 0 Å². The van der Waals surface area contributed by atoms with Crippen LogP contribution in [0.25, 0.3) is 10.8 Å². The van der Waals surface area contributed by atoms with Gasteiger partial charge in [-0.2, -0.15) is 4.31 Å². The highest BCUT2D eigenvalue weighted by atomic mass is 32.2. The summed E-state index contributed by atoms with van der Waals surface area (Å²) in [6.07, 6.45) is 1.72. The Kier molecular flexibility index (Phi) is 5.07. The van der Waals surface area contributed by atoms with Gasteiger partial charge in [-0.1, -0.05) is 42.5 Å². The zero-order valence-corrected chi connectivity index (χ0v) is 15.7. The summed E-state index contributed by atoms with van der Waals surface area (Å²) in [5.74, 6) is 0.661. The van der Waals surface area contributed by atoms with Gasteiger partial charge in [0.2, 0.25) is 10.0 Å². The average molecular weight is 382 g/mol. The van der Waals surface area contributed by atoms with Crippen LogP contribution >= 0.6 is 0 Å². The molecule has 0 bridgehead atoms. The number of nitrogens with zero attached hydrogens (tertiary/aromatic N) is 2. The van der Waals surface area contributed by atoms with Gasteiger partial charge in [0, 0.05) is 49.7 Å². The first kappa shape index (κ1) is 17.9. The van der Waals surface area contributed by atoms with Crippen molar-refractivity contribution in [2.24, 2.45) is 0 Å². The highest BCUT2D eigenvalue weighted by Gasteiger charge is 2.27. The molecule has 1 saturated heterocycles. The summed E-state index contributed by atoms with van der Waals surface area (Å²) >= 11 is 0. The Morgan fingerprint density at radius 3 is 2.59 bits per heavy atom. The zero-order chi connectivity index (χ0) is 18.7. The van der Waals surface area contributed by atoms with Gasteiger partial charge in [-0.15, -0.1) is 0 Å². The van der Waals surface area contributed by atoms with E-state index in [0.717, 1.165) is 10.9 Å². The number of hydrogen-bond donors (Lipinski definition) is 2. The molecule has 140 valence electrons. The Hall–Kier alpha value is -2.48. The van der Waals surface area contributed by atoms with Crippen LogP contribution in [0, 0.1) is 0 Å². The molecule has 0 radical (unpaired) electrons. The van der Waals surface area contributed by atoms with Crippen molar-refractivity contribution >= 4 is 26.6 Å². The lowest BCUT2D eigenvalue weighted by Crippen LogP contribution is -2.46. The Bertz CT molecular complexity index is 1030. The average Bonchev–Trinajstić information content (AvgIpc) is 2.73. The molecular formula is C20H22N4O2S. The van der Waals surface area contributed by atoms with Gasteiger partial charge in [-0.3, -0.25) is 0 Å². The summed E-state index contributed by atoms with van der Waals surface area (Å²) in [6, 6.07) is 17.2. The highest BCUT2D eigenvalue weighted by molar-refractivity contribution is 7.89. The summed E-state index contributed by atoms with van der Waals surface area (Å²) in [4.78, 5) is 4.77. The minimum Gasteiger partial charge on any atom is -0.366 e. The van der Waals surface area contributed by atoms with Crippen LogP contribution in [-0.2, 0) is 16.6 Å². The maximum absolute atomic E-state index is 13.1. The predicted octanol–water partition coefficient (Wildman–Crippen LogP) is 2.44. The van der Waals surface area contributed by atoms with Crippen molar-refractivity contribution in [3.05, 3.63) is 66.4 Å². The number of piperazine rings is 1. The molecule has 0 aliphatic carbocycles. The van der Waals surface area contributed by atoms with Crippen LogP contribution in [-0.4, -0.2) is 43.9 Å². The topological polar surface area (TPSA) is 74.3 Å². The third kappa shape index (κ3) is 3.80. The van der Waals surface area contributed by atoms with E-state index >= 15 is 0 Å². The van der Waals surface area contributed by atoms with Crippen molar-refractivity contribution in [1.29, 1.82) is 0 Å². The molecule has 0 spiro atoms. The molecule has 0 atom stereocenters. The lowest BCUT2D eigenvalue weighted by Gasteiger charge is -2.27. The molecule has 1 fully saturated rings. The third-order valence-electron chi connectivity index (χ3n) is 4.73. The van der Waals surface area contributed by atoms with Gasteiger partial charge in [0.1, 0.15) is 5.82 Å². The van der Waals surface area contributed by atoms with Gasteiger partial charge in [0.15, 0.2) is 0 Å². The number of aromatic nitrogens is 1. The number of hydrogen-bond acceptors (Lipinski definition) is 5. The maximum Gasteiger partial charge on any atom is 0.243 e. The van der Waals surface area contributed by atoms with Crippen molar-refractivity contribution in [2.75, 3.05) is 31.5 Å². The zero-order valence-electron chi connectivity index (χ0n) is 14.9. The molecule has 6 nitrogen and oxygen atoms in total. The van der Waals surface area contributed by atoms with E-state index in [9.17, 15) is 8.42 Å². The van der Waals surface area contributed by atoms with Gasteiger partial charge in [-0.05, 0) is 17.7 Å². The first-order valence-corrected chi connectivity index (χ1v) is 10.5. The fourth-order valence-corrected chi connectivity index (χ4v) is 4.92. The molecule has 4 rings (SSSR count). The van der Waals surface area contributed by atoms with Crippen LogP contribution in [0.4, 0.5) is 5.82 Å². The van der Waals surface area contributed by atoms with Gasteiger partial charge in [0.25, 0.3) is 0 Å². The second kappa shape index (κ2) is 7.64. The first-order valence-electron chi connectivity index (χ1n) is 9.02. The SMILES string of the molecule is O=S(=O)(c1cccc2cnc(NCc3ccccc3)cc12)N1CCNCC1. The maximum atomic E-state index is 13.1. The van der Waals surface area contributed by atoms with Crippen molar-refractivity contribution in [3.8, 4) is 0 Å². The molecule has 1 aliphatic heterocycles. The predicted molar refractivity (Wildman–Crippen MR) is 107 cm³/mol. The summed E-state index contributed by atoms with van der Waals surface area (Å²) in [5, 5.41) is 7.98. The minimum atomic E-state index is -3.53. The van der Waals surface area contributed by atoms with Crippen molar-refractivity contribution in [2.45, 2.75) is 11.4 Å². The Labute approximate surface area is 159 Å². The fraction of sp³-hybridized carbons (Fsp3) is 0.250. The number of sulfonamides is 1. The third-order valence-corrected chi connectivity index (χ3v) is 6.69. The van der Waals surface area contributed by atoms with E-state index in [2.05, 4.69) is 15.6 Å². The van der Waals surface area contributed by atoms with E-state index in [1.54, 1.807) is 22.6 Å². The quantitative estimate of drug-likeness (QED) is 0.709. The molecule has 2 heterocycles. The number of rotatable bonds is 5. The molecule has 7 heteroatoms. The van der Waals surface area contributed by atoms with Crippen LogP contribution in [0.5, 0.6) is 0 Å². The van der Waals surface area contributed by atoms with E-state index in [4.69, 9.17) is 0 Å². The number of anilines is 1. The Morgan fingerprint density at radius 2 is 1.81 bits per heavy atom. The van der Waals surface area contributed by atoms with Crippen LogP contribution in [0.2, 0.25) is 0 Å². The van der Waals surface area contributed by atoms with E-state index in [1.807, 2.05) is 42.5 Å². The Balaban J connectivity index is 1.67. The summed E-state index contributed by atoms with van der Waals surface area (Å²) < 4.78 is 27.8. The number of fused-ring (bicyclic) bond motifs is 1. The first-order chi connectivity index (χ1) is 13.1. The summed E-state index contributed by atoms with van der Waals surface area (Å²) in [5.41, 5.74) is 1.14. The van der Waals surface area contributed by atoms with Crippen molar-refractivity contribution < 1.29 is 8.42 Å². The standard InChI is InChI=1S/C20H22N4O2S/c25-27(26,24-11-9-21-10-12-24)19-8-4-7-17-15-23-20(13-18(17)19)22-14-16-5-2-1-3-6-16/h1-8,13,15,21H,9-12,14H2,(H,22,23). The van der Waals surface area contributed by atoms with Crippen LogP contribution in [0.3, 0.4) is 0 Å². The molecular weight excluding hydrogens is 360 g/mol. The van der Waals surface area contributed by atoms with Crippen LogP contribution in [0.15, 0.2) is 65.7 Å². The fourth-order valence-electron chi connectivity index (χ4n) is 3.27.